The highest BCUT2D eigenvalue weighted by Gasteiger charge is 2.19. The molecule has 0 spiro atoms. The van der Waals surface area contributed by atoms with Crippen molar-refractivity contribution in [3.8, 4) is 0 Å². The van der Waals surface area contributed by atoms with E-state index >= 15 is 0 Å². The molecule has 0 aliphatic rings. The minimum Gasteiger partial charge on any atom is -0.425 e. The van der Waals surface area contributed by atoms with Gasteiger partial charge in [0.25, 0.3) is 0 Å². The van der Waals surface area contributed by atoms with Gasteiger partial charge >= 0.3 is 11.9 Å². The van der Waals surface area contributed by atoms with Crippen LogP contribution >= 0.6 is 0 Å². The Morgan fingerprint density at radius 2 is 0.783 bits per heavy atom. The summed E-state index contributed by atoms with van der Waals surface area (Å²) in [6.45, 7) is 5.23. The topological polar surface area (TPSA) is 55.8 Å². The van der Waals surface area contributed by atoms with Crippen molar-refractivity contribution >= 4 is 11.9 Å². The van der Waals surface area contributed by atoms with Crippen LogP contribution in [0.4, 0.5) is 0 Å². The molecule has 5 heteroatoms. The van der Waals surface area contributed by atoms with E-state index in [2.05, 4.69) is 38.2 Å². The number of unbranched alkanes of at least 4 members (excludes halogenated alkanes) is 22. The Morgan fingerprint density at radius 1 is 0.478 bits per heavy atom. The number of hydrogen-bond acceptors (Lipinski definition) is 5. The first-order valence-corrected chi connectivity index (χ1v) is 19.8. The Balaban J connectivity index is 3.89. The predicted molar refractivity (Wildman–Crippen MR) is 198 cm³/mol. The van der Waals surface area contributed by atoms with Crippen molar-refractivity contribution < 1.29 is 19.1 Å². The van der Waals surface area contributed by atoms with Crippen LogP contribution in [-0.4, -0.2) is 43.8 Å². The molecule has 0 unspecified atom stereocenters. The summed E-state index contributed by atoms with van der Waals surface area (Å²) in [5, 5.41) is 0. The second-order valence-electron chi connectivity index (χ2n) is 13.7. The van der Waals surface area contributed by atoms with Gasteiger partial charge in [-0.3, -0.25) is 9.59 Å². The van der Waals surface area contributed by atoms with Crippen molar-refractivity contribution in [1.82, 2.24) is 4.90 Å². The molecule has 270 valence electrons. The molecule has 0 aromatic carbocycles. The molecule has 0 radical (unpaired) electrons. The molecule has 0 heterocycles. The van der Waals surface area contributed by atoms with Gasteiger partial charge in [-0.1, -0.05) is 141 Å². The van der Waals surface area contributed by atoms with Crippen LogP contribution in [0.1, 0.15) is 200 Å². The van der Waals surface area contributed by atoms with Crippen LogP contribution in [0.25, 0.3) is 0 Å². The van der Waals surface area contributed by atoms with Crippen LogP contribution < -0.4 is 0 Å². The first-order chi connectivity index (χ1) is 22.5. The highest BCUT2D eigenvalue weighted by atomic mass is 16.7. The SMILES string of the molecule is CCCCCCCCC=CCCCCCCCC(=O)OC(CCN(C)C)OC(=O)CCCCCCCC=CCCCCCCCC. The average Bonchev–Trinajstić information content (AvgIpc) is 3.03. The highest BCUT2D eigenvalue weighted by molar-refractivity contribution is 5.71. The Labute approximate surface area is 286 Å². The van der Waals surface area contributed by atoms with E-state index in [4.69, 9.17) is 9.47 Å². The van der Waals surface area contributed by atoms with E-state index in [1.54, 1.807) is 0 Å². The van der Waals surface area contributed by atoms with Gasteiger partial charge in [-0.15, -0.1) is 0 Å². The second-order valence-corrected chi connectivity index (χ2v) is 13.7. The van der Waals surface area contributed by atoms with E-state index < -0.39 is 6.29 Å². The molecule has 0 aromatic rings. The van der Waals surface area contributed by atoms with E-state index in [0.717, 1.165) is 51.4 Å². The van der Waals surface area contributed by atoms with Crippen molar-refractivity contribution in [2.24, 2.45) is 0 Å². The molecular formula is C41H77NO4. The zero-order valence-corrected chi connectivity index (χ0v) is 31.2. The van der Waals surface area contributed by atoms with Crippen LogP contribution in [0.3, 0.4) is 0 Å². The molecule has 0 saturated carbocycles. The summed E-state index contributed by atoms with van der Waals surface area (Å²) in [6, 6.07) is 0. The molecule has 0 atom stereocenters. The number of rotatable bonds is 35. The van der Waals surface area contributed by atoms with Gasteiger partial charge in [-0.2, -0.15) is 0 Å². The maximum atomic E-state index is 12.5. The first kappa shape index (κ1) is 44.4. The number of carbonyl (C=O) groups excluding carboxylic acids is 2. The van der Waals surface area contributed by atoms with E-state index in [9.17, 15) is 9.59 Å². The predicted octanol–water partition coefficient (Wildman–Crippen LogP) is 12.4. The molecule has 0 fully saturated rings. The molecule has 0 bridgehead atoms. The number of allylic oxidation sites excluding steroid dienone is 4. The van der Waals surface area contributed by atoms with Crippen molar-refractivity contribution in [1.29, 1.82) is 0 Å². The first-order valence-electron chi connectivity index (χ1n) is 19.8. The van der Waals surface area contributed by atoms with Gasteiger partial charge in [0.2, 0.25) is 6.29 Å². The fourth-order valence-electron chi connectivity index (χ4n) is 5.60. The molecule has 5 nitrogen and oxygen atoms in total. The van der Waals surface area contributed by atoms with Crippen LogP contribution in [0.2, 0.25) is 0 Å². The third kappa shape index (κ3) is 35.2. The fourth-order valence-corrected chi connectivity index (χ4v) is 5.60. The molecule has 0 aliphatic carbocycles. The molecular weight excluding hydrogens is 570 g/mol. The van der Waals surface area contributed by atoms with E-state index in [1.807, 2.05) is 19.0 Å². The summed E-state index contributed by atoms with van der Waals surface area (Å²) >= 11 is 0. The molecule has 0 amide bonds. The van der Waals surface area contributed by atoms with Crippen LogP contribution in [-0.2, 0) is 19.1 Å². The van der Waals surface area contributed by atoms with Gasteiger partial charge in [0.1, 0.15) is 0 Å². The Hall–Kier alpha value is -1.62. The lowest BCUT2D eigenvalue weighted by molar-refractivity contribution is -0.189. The standard InChI is InChI=1S/C41H77NO4/c1-5-7-9-11-13-15-17-19-21-23-25-27-29-31-33-35-39(43)45-41(37-38-42(3)4)46-40(44)36-34-32-30-28-26-24-22-20-18-16-14-12-10-8-6-2/h19-22,41H,5-18,23-38H2,1-4H3. The summed E-state index contributed by atoms with van der Waals surface area (Å²) in [6.07, 6.45) is 41.8. The largest absolute Gasteiger partial charge is 0.425 e. The molecule has 46 heavy (non-hydrogen) atoms. The van der Waals surface area contributed by atoms with Crippen LogP contribution in [0.5, 0.6) is 0 Å². The number of hydrogen-bond donors (Lipinski definition) is 0. The number of nitrogens with zero attached hydrogens (tertiary/aromatic N) is 1. The zero-order chi connectivity index (χ0) is 33.8. The van der Waals surface area contributed by atoms with Crippen molar-refractivity contribution in [2.75, 3.05) is 20.6 Å². The minimum absolute atomic E-state index is 0.254. The maximum Gasteiger partial charge on any atom is 0.308 e. The maximum absolute atomic E-state index is 12.5. The van der Waals surface area contributed by atoms with E-state index in [-0.39, 0.29) is 11.9 Å². The smallest absolute Gasteiger partial charge is 0.308 e. The van der Waals surface area contributed by atoms with Gasteiger partial charge < -0.3 is 14.4 Å². The summed E-state index contributed by atoms with van der Waals surface area (Å²) in [5.41, 5.74) is 0. The van der Waals surface area contributed by atoms with E-state index in [1.165, 1.54) is 116 Å². The van der Waals surface area contributed by atoms with Crippen LogP contribution in [0.15, 0.2) is 24.3 Å². The molecule has 0 aromatic heterocycles. The Bertz CT molecular complexity index is 663. The Kier molecular flexibility index (Phi) is 34.9. The summed E-state index contributed by atoms with van der Waals surface area (Å²) in [4.78, 5) is 27.0. The Morgan fingerprint density at radius 3 is 1.11 bits per heavy atom. The van der Waals surface area contributed by atoms with Crippen molar-refractivity contribution in [3.05, 3.63) is 24.3 Å². The number of esters is 2. The third-order valence-corrected chi connectivity index (χ3v) is 8.62. The highest BCUT2D eigenvalue weighted by Crippen LogP contribution is 2.14. The summed E-state index contributed by atoms with van der Waals surface area (Å²) < 4.78 is 11.2. The van der Waals surface area contributed by atoms with Crippen molar-refractivity contribution in [2.45, 2.75) is 206 Å². The zero-order valence-electron chi connectivity index (χ0n) is 31.2. The molecule has 0 aliphatic heterocycles. The van der Waals surface area contributed by atoms with Crippen molar-refractivity contribution in [3.63, 3.8) is 0 Å². The lowest BCUT2D eigenvalue weighted by Crippen LogP contribution is -2.28. The minimum atomic E-state index is -0.784. The van der Waals surface area contributed by atoms with Gasteiger partial charge in [0, 0.05) is 25.8 Å². The average molecular weight is 648 g/mol. The lowest BCUT2D eigenvalue weighted by Gasteiger charge is -2.20. The quantitative estimate of drug-likeness (QED) is 0.0296. The normalized spacial score (nSPS) is 12.5. The lowest BCUT2D eigenvalue weighted by atomic mass is 10.1. The van der Waals surface area contributed by atoms with Gasteiger partial charge in [0.15, 0.2) is 0 Å². The van der Waals surface area contributed by atoms with Gasteiger partial charge in [-0.05, 0) is 78.3 Å². The van der Waals surface area contributed by atoms with Gasteiger partial charge in [-0.25, -0.2) is 0 Å². The third-order valence-electron chi connectivity index (χ3n) is 8.62. The van der Waals surface area contributed by atoms with Crippen LogP contribution in [0, 0.1) is 0 Å². The van der Waals surface area contributed by atoms with Gasteiger partial charge in [0.05, 0.1) is 0 Å². The monoisotopic (exact) mass is 648 g/mol. The molecule has 0 rings (SSSR count). The van der Waals surface area contributed by atoms with E-state index in [0.29, 0.717) is 25.8 Å². The molecule has 0 saturated heterocycles. The fraction of sp³-hybridized carbons (Fsp3) is 0.854. The number of ether oxygens (including phenoxy) is 2. The summed E-state index contributed by atoms with van der Waals surface area (Å²) in [7, 11) is 3.94. The second kappa shape index (κ2) is 36.2. The summed E-state index contributed by atoms with van der Waals surface area (Å²) in [5.74, 6) is -0.509. The molecule has 0 N–H and O–H groups in total. The number of carbonyl (C=O) groups is 2.